The molecule has 0 spiro atoms. The van der Waals surface area contributed by atoms with Gasteiger partial charge in [0.05, 0.1) is 17.9 Å². The number of hydrogen-bond acceptors (Lipinski definition) is 5. The van der Waals surface area contributed by atoms with Crippen molar-refractivity contribution in [1.29, 1.82) is 0 Å². The molecule has 6 nitrogen and oxygen atoms in total. The summed E-state index contributed by atoms with van der Waals surface area (Å²) in [5.41, 5.74) is 1.03. The third-order valence-electron chi connectivity index (χ3n) is 5.19. The summed E-state index contributed by atoms with van der Waals surface area (Å²) >= 11 is 0. The Bertz CT molecular complexity index is 1080. The number of hydrogen-bond donors (Lipinski definition) is 2. The number of benzene rings is 2. The highest BCUT2D eigenvalue weighted by atomic mass is 16.5. The van der Waals surface area contributed by atoms with Crippen molar-refractivity contribution in [3.63, 3.8) is 0 Å². The molecule has 150 valence electrons. The molecule has 1 aliphatic carbocycles. The minimum absolute atomic E-state index is 0.131. The van der Waals surface area contributed by atoms with Crippen LogP contribution < -0.4 is 21.0 Å². The summed E-state index contributed by atoms with van der Waals surface area (Å²) < 4.78 is 11.0. The summed E-state index contributed by atoms with van der Waals surface area (Å²) in [5.74, 6) is 0.0640. The number of carbonyl (C=O) groups is 1. The largest absolute Gasteiger partial charge is 0.493 e. The molecule has 2 aromatic carbocycles. The van der Waals surface area contributed by atoms with Gasteiger partial charge in [-0.1, -0.05) is 37.1 Å². The van der Waals surface area contributed by atoms with Gasteiger partial charge in [-0.15, -0.1) is 0 Å². The average molecular weight is 392 g/mol. The number of fused-ring (bicyclic) bond motifs is 1. The summed E-state index contributed by atoms with van der Waals surface area (Å²) in [6.07, 6.45) is 4.38. The van der Waals surface area contributed by atoms with E-state index in [1.54, 1.807) is 30.3 Å². The third-order valence-corrected chi connectivity index (χ3v) is 5.19. The standard InChI is InChI=1S/C23H24N2O4/c1-2-28-18-13-7-6-12-17(18)22(26)25-21-20(24-15-9-3-4-10-15)16-11-5-8-14-19(16)29-23(21)27/h5-8,11-15,24H,2-4,9-10H2,1H3,(H,25,26). The minimum atomic E-state index is -0.577. The minimum Gasteiger partial charge on any atom is -0.493 e. The number of amides is 1. The molecule has 1 saturated carbocycles. The predicted molar refractivity (Wildman–Crippen MR) is 114 cm³/mol. The molecular formula is C23H24N2O4. The van der Waals surface area contributed by atoms with Crippen molar-refractivity contribution in [3.05, 3.63) is 64.5 Å². The fraction of sp³-hybridized carbons (Fsp3) is 0.304. The van der Waals surface area contributed by atoms with Gasteiger partial charge in [0.1, 0.15) is 11.3 Å². The van der Waals surface area contributed by atoms with Crippen LogP contribution in [0.3, 0.4) is 0 Å². The molecule has 0 atom stereocenters. The topological polar surface area (TPSA) is 80.6 Å². The fourth-order valence-corrected chi connectivity index (χ4v) is 3.80. The molecule has 0 saturated heterocycles. The van der Waals surface area contributed by atoms with E-state index >= 15 is 0 Å². The van der Waals surface area contributed by atoms with Crippen LogP contribution in [-0.2, 0) is 0 Å². The van der Waals surface area contributed by atoms with Gasteiger partial charge in [0.15, 0.2) is 5.69 Å². The van der Waals surface area contributed by atoms with E-state index < -0.39 is 11.5 Å². The van der Waals surface area contributed by atoms with Gasteiger partial charge in [-0.3, -0.25) is 4.79 Å². The van der Waals surface area contributed by atoms with Crippen molar-refractivity contribution >= 4 is 28.3 Å². The maximum absolute atomic E-state index is 13.0. The van der Waals surface area contributed by atoms with E-state index in [2.05, 4.69) is 10.6 Å². The third kappa shape index (κ3) is 3.97. The summed E-state index contributed by atoms with van der Waals surface area (Å²) in [4.78, 5) is 25.7. The van der Waals surface area contributed by atoms with Crippen molar-refractivity contribution in [2.24, 2.45) is 0 Å². The van der Waals surface area contributed by atoms with Crippen LogP contribution in [0.5, 0.6) is 5.75 Å². The van der Waals surface area contributed by atoms with Crippen molar-refractivity contribution in [3.8, 4) is 5.75 Å². The van der Waals surface area contributed by atoms with E-state index in [0.29, 0.717) is 29.2 Å². The Labute approximate surface area is 168 Å². The molecule has 1 fully saturated rings. The van der Waals surface area contributed by atoms with Gasteiger partial charge < -0.3 is 19.8 Å². The monoisotopic (exact) mass is 392 g/mol. The number of ether oxygens (including phenoxy) is 1. The number of rotatable bonds is 6. The number of para-hydroxylation sites is 2. The molecule has 1 aliphatic rings. The first-order valence-corrected chi connectivity index (χ1v) is 10.0. The Morgan fingerprint density at radius 3 is 2.59 bits per heavy atom. The second kappa shape index (κ2) is 8.39. The van der Waals surface area contributed by atoms with Gasteiger partial charge >= 0.3 is 5.63 Å². The van der Waals surface area contributed by atoms with Gasteiger partial charge in [0.25, 0.3) is 5.91 Å². The van der Waals surface area contributed by atoms with Crippen LogP contribution in [0.2, 0.25) is 0 Å². The highest BCUT2D eigenvalue weighted by Gasteiger charge is 2.23. The van der Waals surface area contributed by atoms with E-state index in [9.17, 15) is 9.59 Å². The number of nitrogens with one attached hydrogen (secondary N) is 2. The molecule has 1 aromatic heterocycles. The van der Waals surface area contributed by atoms with Crippen molar-refractivity contribution in [2.75, 3.05) is 17.2 Å². The lowest BCUT2D eigenvalue weighted by atomic mass is 10.1. The SMILES string of the molecule is CCOc1ccccc1C(=O)Nc1c(NC2CCCC2)c2ccccc2oc1=O. The molecule has 0 aliphatic heterocycles. The quantitative estimate of drug-likeness (QED) is 0.589. The van der Waals surface area contributed by atoms with E-state index in [1.165, 1.54) is 0 Å². The fourth-order valence-electron chi connectivity index (χ4n) is 3.80. The first-order valence-electron chi connectivity index (χ1n) is 10.0. The van der Waals surface area contributed by atoms with Crippen LogP contribution in [0.25, 0.3) is 11.0 Å². The van der Waals surface area contributed by atoms with Gasteiger partial charge in [0.2, 0.25) is 0 Å². The Kier molecular flexibility index (Phi) is 5.51. The molecule has 3 aromatic rings. The van der Waals surface area contributed by atoms with E-state index in [-0.39, 0.29) is 11.7 Å². The number of anilines is 2. The van der Waals surface area contributed by atoms with Crippen LogP contribution in [-0.4, -0.2) is 18.6 Å². The molecule has 0 radical (unpaired) electrons. The molecule has 0 bridgehead atoms. The number of carbonyl (C=O) groups excluding carboxylic acids is 1. The lowest BCUT2D eigenvalue weighted by Gasteiger charge is -2.19. The maximum Gasteiger partial charge on any atom is 0.362 e. The molecule has 29 heavy (non-hydrogen) atoms. The normalized spacial score (nSPS) is 14.1. The zero-order valence-electron chi connectivity index (χ0n) is 16.4. The molecule has 4 rings (SSSR count). The molecule has 0 unspecified atom stereocenters. The zero-order valence-corrected chi connectivity index (χ0v) is 16.4. The predicted octanol–water partition coefficient (Wildman–Crippen LogP) is 4.80. The van der Waals surface area contributed by atoms with Crippen molar-refractivity contribution in [1.82, 2.24) is 0 Å². The Balaban J connectivity index is 1.75. The smallest absolute Gasteiger partial charge is 0.362 e. The first kappa shape index (κ1) is 19.1. The highest BCUT2D eigenvalue weighted by Crippen LogP contribution is 2.32. The van der Waals surface area contributed by atoms with Crippen LogP contribution in [0.1, 0.15) is 43.0 Å². The Morgan fingerprint density at radius 2 is 1.79 bits per heavy atom. The highest BCUT2D eigenvalue weighted by molar-refractivity contribution is 6.09. The summed E-state index contributed by atoms with van der Waals surface area (Å²) in [6, 6.07) is 14.6. The Hall–Kier alpha value is -3.28. The van der Waals surface area contributed by atoms with Crippen molar-refractivity contribution < 1.29 is 13.9 Å². The van der Waals surface area contributed by atoms with Crippen LogP contribution in [0, 0.1) is 0 Å². The van der Waals surface area contributed by atoms with Gasteiger partial charge in [-0.2, -0.15) is 0 Å². The van der Waals surface area contributed by atoms with Gasteiger partial charge in [0, 0.05) is 11.4 Å². The molecule has 1 amide bonds. The molecule has 6 heteroatoms. The summed E-state index contributed by atoms with van der Waals surface area (Å²) in [5, 5.41) is 7.03. The molecule has 1 heterocycles. The van der Waals surface area contributed by atoms with E-state index in [0.717, 1.165) is 31.1 Å². The molecular weight excluding hydrogens is 368 g/mol. The average Bonchev–Trinajstić information content (AvgIpc) is 3.24. The summed E-state index contributed by atoms with van der Waals surface area (Å²) in [7, 11) is 0. The first-order chi connectivity index (χ1) is 14.2. The Morgan fingerprint density at radius 1 is 1.07 bits per heavy atom. The second-order valence-corrected chi connectivity index (χ2v) is 7.14. The summed E-state index contributed by atoms with van der Waals surface area (Å²) in [6.45, 7) is 2.30. The maximum atomic E-state index is 13.0. The zero-order chi connectivity index (χ0) is 20.2. The lowest BCUT2D eigenvalue weighted by molar-refractivity contribution is 0.102. The van der Waals surface area contributed by atoms with Crippen LogP contribution >= 0.6 is 0 Å². The van der Waals surface area contributed by atoms with Crippen molar-refractivity contribution in [2.45, 2.75) is 38.6 Å². The second-order valence-electron chi connectivity index (χ2n) is 7.14. The van der Waals surface area contributed by atoms with E-state index in [4.69, 9.17) is 9.15 Å². The lowest BCUT2D eigenvalue weighted by Crippen LogP contribution is -2.23. The van der Waals surface area contributed by atoms with E-state index in [1.807, 2.05) is 25.1 Å². The van der Waals surface area contributed by atoms with Crippen LogP contribution in [0.15, 0.2) is 57.7 Å². The molecule has 2 N–H and O–H groups in total. The van der Waals surface area contributed by atoms with Gasteiger partial charge in [-0.05, 0) is 44.0 Å². The van der Waals surface area contributed by atoms with Crippen LogP contribution in [0.4, 0.5) is 11.4 Å². The van der Waals surface area contributed by atoms with Gasteiger partial charge in [-0.25, -0.2) is 4.79 Å².